The van der Waals surface area contributed by atoms with Crippen LogP contribution < -0.4 is 5.32 Å². The first-order valence-electron chi connectivity index (χ1n) is 11.1. The lowest BCUT2D eigenvalue weighted by molar-refractivity contribution is -0.139. The van der Waals surface area contributed by atoms with E-state index >= 15 is 0 Å². The third-order valence-electron chi connectivity index (χ3n) is 5.40. The predicted octanol–water partition coefficient (Wildman–Crippen LogP) is 5.26. The molecule has 0 fully saturated rings. The molecule has 0 bridgehead atoms. The first kappa shape index (κ1) is 25.0. The van der Waals surface area contributed by atoms with Crippen molar-refractivity contribution in [1.82, 2.24) is 10.2 Å². The molecule has 0 aliphatic carbocycles. The van der Waals surface area contributed by atoms with E-state index in [2.05, 4.69) is 36.5 Å². The molecule has 2 amide bonds. The van der Waals surface area contributed by atoms with E-state index in [4.69, 9.17) is 0 Å². The molecule has 2 aromatic carbocycles. The summed E-state index contributed by atoms with van der Waals surface area (Å²) in [6.07, 6.45) is 1.45. The highest BCUT2D eigenvalue weighted by Crippen LogP contribution is 2.18. The maximum absolute atomic E-state index is 13.3. The van der Waals surface area contributed by atoms with Crippen molar-refractivity contribution in [2.75, 3.05) is 5.75 Å². The van der Waals surface area contributed by atoms with Gasteiger partial charge in [0.1, 0.15) is 6.04 Å². The molecule has 31 heavy (non-hydrogen) atoms. The minimum absolute atomic E-state index is 0.00492. The standard InChI is InChI=1S/C26H36N2O2S/c1-6-21(5)27-26(30)24(7-2)28(16-22-12-8-10-19(3)14-22)25(29)18-31-17-23-13-9-11-20(4)15-23/h8-15,21,24H,6-7,16-18H2,1-5H3,(H,27,30)/t21-,24+/m0/s1. The van der Waals surface area contributed by atoms with Gasteiger partial charge in [0.05, 0.1) is 5.75 Å². The minimum atomic E-state index is -0.471. The smallest absolute Gasteiger partial charge is 0.243 e. The summed E-state index contributed by atoms with van der Waals surface area (Å²) in [6.45, 7) is 10.6. The van der Waals surface area contributed by atoms with Crippen molar-refractivity contribution in [1.29, 1.82) is 0 Å². The van der Waals surface area contributed by atoms with Crippen LogP contribution in [0.15, 0.2) is 48.5 Å². The zero-order valence-corrected chi connectivity index (χ0v) is 20.3. The van der Waals surface area contributed by atoms with Crippen LogP contribution in [-0.4, -0.2) is 34.6 Å². The number of amides is 2. The third kappa shape index (κ3) is 8.06. The lowest BCUT2D eigenvalue weighted by Crippen LogP contribution is -2.51. The molecule has 0 unspecified atom stereocenters. The van der Waals surface area contributed by atoms with Crippen molar-refractivity contribution < 1.29 is 9.59 Å². The molecular weight excluding hydrogens is 404 g/mol. The fourth-order valence-electron chi connectivity index (χ4n) is 3.51. The van der Waals surface area contributed by atoms with Crippen molar-refractivity contribution in [3.05, 3.63) is 70.8 Å². The van der Waals surface area contributed by atoms with Gasteiger partial charge < -0.3 is 10.2 Å². The van der Waals surface area contributed by atoms with E-state index in [9.17, 15) is 9.59 Å². The molecule has 0 radical (unpaired) electrons. The van der Waals surface area contributed by atoms with Crippen molar-refractivity contribution >= 4 is 23.6 Å². The molecule has 5 heteroatoms. The van der Waals surface area contributed by atoms with Crippen LogP contribution in [0.2, 0.25) is 0 Å². The second-order valence-electron chi connectivity index (χ2n) is 8.23. The summed E-state index contributed by atoms with van der Waals surface area (Å²) in [6, 6.07) is 16.1. The Balaban J connectivity index is 2.14. The monoisotopic (exact) mass is 440 g/mol. The second kappa shape index (κ2) is 12.6. The van der Waals surface area contributed by atoms with Crippen LogP contribution in [0.3, 0.4) is 0 Å². The molecule has 1 N–H and O–H groups in total. The molecule has 168 valence electrons. The Bertz CT molecular complexity index is 868. The van der Waals surface area contributed by atoms with Gasteiger partial charge in [-0.2, -0.15) is 0 Å². The summed E-state index contributed by atoms with van der Waals surface area (Å²) in [4.78, 5) is 28.0. The Morgan fingerprint density at radius 1 is 0.968 bits per heavy atom. The van der Waals surface area contributed by atoms with Gasteiger partial charge >= 0.3 is 0 Å². The van der Waals surface area contributed by atoms with E-state index in [0.29, 0.717) is 18.7 Å². The van der Waals surface area contributed by atoms with E-state index in [1.807, 2.05) is 52.0 Å². The number of aryl methyl sites for hydroxylation is 2. The van der Waals surface area contributed by atoms with E-state index in [-0.39, 0.29) is 17.9 Å². The van der Waals surface area contributed by atoms with Crippen molar-refractivity contribution in [2.24, 2.45) is 0 Å². The average molecular weight is 441 g/mol. The quantitative estimate of drug-likeness (QED) is 0.519. The number of rotatable bonds is 11. The Labute approximate surface area is 191 Å². The maximum Gasteiger partial charge on any atom is 0.243 e. The largest absolute Gasteiger partial charge is 0.352 e. The second-order valence-corrected chi connectivity index (χ2v) is 9.22. The van der Waals surface area contributed by atoms with Gasteiger partial charge in [-0.1, -0.05) is 73.5 Å². The van der Waals surface area contributed by atoms with Crippen molar-refractivity contribution in [3.8, 4) is 0 Å². The Morgan fingerprint density at radius 2 is 1.58 bits per heavy atom. The molecular formula is C26H36N2O2S. The van der Waals surface area contributed by atoms with Crippen LogP contribution in [0.1, 0.15) is 55.9 Å². The number of benzene rings is 2. The highest BCUT2D eigenvalue weighted by atomic mass is 32.2. The number of nitrogens with zero attached hydrogens (tertiary/aromatic N) is 1. The number of carbonyl (C=O) groups is 2. The van der Waals surface area contributed by atoms with Gasteiger partial charge in [0.25, 0.3) is 0 Å². The molecule has 0 heterocycles. The molecule has 0 saturated carbocycles. The van der Waals surface area contributed by atoms with E-state index < -0.39 is 6.04 Å². The fourth-order valence-corrected chi connectivity index (χ4v) is 4.37. The van der Waals surface area contributed by atoms with Crippen LogP contribution in [0.5, 0.6) is 0 Å². The number of thioether (sulfide) groups is 1. The van der Waals surface area contributed by atoms with E-state index in [1.165, 1.54) is 11.1 Å². The molecule has 2 aromatic rings. The number of hydrogen-bond donors (Lipinski definition) is 1. The maximum atomic E-state index is 13.3. The van der Waals surface area contributed by atoms with E-state index in [0.717, 1.165) is 23.3 Å². The van der Waals surface area contributed by atoms with Crippen molar-refractivity contribution in [2.45, 2.75) is 71.8 Å². The molecule has 0 spiro atoms. The summed E-state index contributed by atoms with van der Waals surface area (Å²) >= 11 is 1.60. The van der Waals surface area contributed by atoms with Gasteiger partial charge in [0.15, 0.2) is 0 Å². The predicted molar refractivity (Wildman–Crippen MR) is 131 cm³/mol. The summed E-state index contributed by atoms with van der Waals surface area (Å²) < 4.78 is 0. The molecule has 0 saturated heterocycles. The highest BCUT2D eigenvalue weighted by molar-refractivity contribution is 7.99. The van der Waals surface area contributed by atoms with E-state index in [1.54, 1.807) is 16.7 Å². The summed E-state index contributed by atoms with van der Waals surface area (Å²) in [5, 5.41) is 3.06. The normalized spacial score (nSPS) is 12.8. The van der Waals surface area contributed by atoms with Gasteiger partial charge in [-0.3, -0.25) is 9.59 Å². The summed E-state index contributed by atoms with van der Waals surface area (Å²) in [5.41, 5.74) is 4.63. The highest BCUT2D eigenvalue weighted by Gasteiger charge is 2.29. The molecule has 4 nitrogen and oxygen atoms in total. The summed E-state index contributed by atoms with van der Waals surface area (Å²) in [5.74, 6) is 1.07. The lowest BCUT2D eigenvalue weighted by atomic mass is 10.1. The van der Waals surface area contributed by atoms with Gasteiger partial charge in [-0.25, -0.2) is 0 Å². The molecule has 2 rings (SSSR count). The van der Waals surface area contributed by atoms with Crippen LogP contribution in [0.4, 0.5) is 0 Å². The van der Waals surface area contributed by atoms with Gasteiger partial charge in [-0.05, 0) is 44.7 Å². The Morgan fingerprint density at radius 3 is 2.16 bits per heavy atom. The molecule has 2 atom stereocenters. The topological polar surface area (TPSA) is 49.4 Å². The first-order chi connectivity index (χ1) is 14.8. The fraction of sp³-hybridized carbons (Fsp3) is 0.462. The summed E-state index contributed by atoms with van der Waals surface area (Å²) in [7, 11) is 0. The number of nitrogens with one attached hydrogen (secondary N) is 1. The van der Waals surface area contributed by atoms with Gasteiger partial charge in [-0.15, -0.1) is 11.8 Å². The van der Waals surface area contributed by atoms with Gasteiger partial charge in [0.2, 0.25) is 11.8 Å². The molecule has 0 aliphatic heterocycles. The number of carbonyl (C=O) groups excluding carboxylic acids is 2. The minimum Gasteiger partial charge on any atom is -0.352 e. The van der Waals surface area contributed by atoms with Crippen LogP contribution >= 0.6 is 11.8 Å². The first-order valence-corrected chi connectivity index (χ1v) is 12.3. The molecule has 0 aliphatic rings. The molecule has 0 aromatic heterocycles. The van der Waals surface area contributed by atoms with Crippen molar-refractivity contribution in [3.63, 3.8) is 0 Å². The van der Waals surface area contributed by atoms with Gasteiger partial charge in [0, 0.05) is 18.3 Å². The van der Waals surface area contributed by atoms with Crippen LogP contribution in [0, 0.1) is 13.8 Å². The lowest BCUT2D eigenvalue weighted by Gasteiger charge is -2.31. The van der Waals surface area contributed by atoms with Crippen LogP contribution in [-0.2, 0) is 21.9 Å². The zero-order chi connectivity index (χ0) is 22.8. The Kier molecular flexibility index (Phi) is 10.1. The average Bonchev–Trinajstić information content (AvgIpc) is 2.73. The third-order valence-corrected chi connectivity index (χ3v) is 6.39. The van der Waals surface area contributed by atoms with Crippen LogP contribution in [0.25, 0.3) is 0 Å². The SMILES string of the molecule is CC[C@H](C(=O)N[C@@H](C)CC)N(Cc1cccc(C)c1)C(=O)CSCc1cccc(C)c1. The zero-order valence-electron chi connectivity index (χ0n) is 19.5. The number of hydrogen-bond acceptors (Lipinski definition) is 3. The Hall–Kier alpha value is -2.27.